The molecule has 0 bridgehead atoms. The lowest BCUT2D eigenvalue weighted by atomic mass is 10.2. The number of nitriles is 1. The molecule has 1 aromatic carbocycles. The van der Waals surface area contributed by atoms with Crippen molar-refractivity contribution in [2.75, 3.05) is 23.3 Å². The number of nitrogens with zero attached hydrogens (tertiary/aromatic N) is 4. The lowest BCUT2D eigenvalue weighted by Crippen LogP contribution is -2.24. The highest BCUT2D eigenvalue weighted by atomic mass is 16.1. The van der Waals surface area contributed by atoms with Crippen molar-refractivity contribution in [1.29, 1.82) is 5.26 Å². The van der Waals surface area contributed by atoms with E-state index in [0.29, 0.717) is 16.9 Å². The van der Waals surface area contributed by atoms with Gasteiger partial charge in [-0.2, -0.15) is 5.26 Å². The minimum atomic E-state index is -0.328. The molecule has 0 spiro atoms. The largest absolute Gasteiger partial charge is 0.357 e. The number of anilines is 2. The van der Waals surface area contributed by atoms with E-state index in [2.05, 4.69) is 15.3 Å². The molecule has 0 aliphatic heterocycles. The summed E-state index contributed by atoms with van der Waals surface area (Å²) in [4.78, 5) is 22.5. The van der Waals surface area contributed by atoms with Crippen molar-refractivity contribution in [2.45, 2.75) is 13.8 Å². The molecule has 1 amide bonds. The number of carbonyl (C=O) groups is 1. The molecule has 2 aromatic rings. The van der Waals surface area contributed by atoms with E-state index in [1.165, 1.54) is 6.33 Å². The average molecular weight is 295 g/mol. The Hall–Kier alpha value is -2.94. The fourth-order valence-electron chi connectivity index (χ4n) is 2.05. The SMILES string of the molecule is CCN(CC)c1cc(C(=O)Nc2cccc(C#N)c2)ncn1. The minimum absolute atomic E-state index is 0.291. The van der Waals surface area contributed by atoms with Gasteiger partial charge >= 0.3 is 0 Å². The monoisotopic (exact) mass is 295 g/mol. The molecule has 112 valence electrons. The molecular weight excluding hydrogens is 278 g/mol. The van der Waals surface area contributed by atoms with E-state index >= 15 is 0 Å². The lowest BCUT2D eigenvalue weighted by Gasteiger charge is -2.19. The highest BCUT2D eigenvalue weighted by Crippen LogP contribution is 2.14. The van der Waals surface area contributed by atoms with Crippen LogP contribution >= 0.6 is 0 Å². The summed E-state index contributed by atoms with van der Waals surface area (Å²) in [6.07, 6.45) is 1.38. The van der Waals surface area contributed by atoms with Gasteiger partial charge in [0.15, 0.2) is 0 Å². The van der Waals surface area contributed by atoms with Crippen LogP contribution in [0.4, 0.5) is 11.5 Å². The molecule has 0 atom stereocenters. The highest BCUT2D eigenvalue weighted by Gasteiger charge is 2.11. The Balaban J connectivity index is 2.19. The second-order valence-electron chi connectivity index (χ2n) is 4.58. The van der Waals surface area contributed by atoms with Gasteiger partial charge in [-0.05, 0) is 32.0 Å². The molecule has 6 nitrogen and oxygen atoms in total. The smallest absolute Gasteiger partial charge is 0.274 e. The first-order chi connectivity index (χ1) is 10.7. The van der Waals surface area contributed by atoms with E-state index in [1.54, 1.807) is 30.3 Å². The zero-order valence-corrected chi connectivity index (χ0v) is 12.6. The Morgan fingerprint density at radius 1 is 1.27 bits per heavy atom. The maximum atomic E-state index is 12.3. The number of aromatic nitrogens is 2. The third kappa shape index (κ3) is 3.58. The fraction of sp³-hybridized carbons (Fsp3) is 0.250. The summed E-state index contributed by atoms with van der Waals surface area (Å²) < 4.78 is 0. The van der Waals surface area contributed by atoms with Crippen molar-refractivity contribution < 1.29 is 4.79 Å². The standard InChI is InChI=1S/C16H17N5O/c1-3-21(4-2)15-9-14(18-11-19-15)16(22)20-13-7-5-6-12(8-13)10-17/h5-9,11H,3-4H2,1-2H3,(H,20,22). The number of amides is 1. The van der Waals surface area contributed by atoms with Crippen molar-refractivity contribution in [3.05, 3.63) is 47.9 Å². The second kappa shape index (κ2) is 7.18. The normalized spacial score (nSPS) is 9.86. The molecule has 0 unspecified atom stereocenters. The lowest BCUT2D eigenvalue weighted by molar-refractivity contribution is 0.102. The summed E-state index contributed by atoms with van der Waals surface area (Å²) in [6.45, 7) is 5.66. The van der Waals surface area contributed by atoms with Crippen LogP contribution in [0.5, 0.6) is 0 Å². The summed E-state index contributed by atoms with van der Waals surface area (Å²) in [5, 5.41) is 11.6. The van der Waals surface area contributed by atoms with Crippen molar-refractivity contribution >= 4 is 17.4 Å². The molecule has 0 saturated carbocycles. The number of hydrogen-bond acceptors (Lipinski definition) is 5. The predicted octanol–water partition coefficient (Wildman–Crippen LogP) is 2.45. The Morgan fingerprint density at radius 3 is 2.73 bits per heavy atom. The second-order valence-corrected chi connectivity index (χ2v) is 4.58. The number of benzene rings is 1. The van der Waals surface area contributed by atoms with Crippen LogP contribution in [-0.2, 0) is 0 Å². The van der Waals surface area contributed by atoms with E-state index < -0.39 is 0 Å². The van der Waals surface area contributed by atoms with Gasteiger partial charge in [0, 0.05) is 24.8 Å². The number of nitrogens with one attached hydrogen (secondary N) is 1. The van der Waals surface area contributed by atoms with Crippen molar-refractivity contribution in [3.63, 3.8) is 0 Å². The average Bonchev–Trinajstić information content (AvgIpc) is 2.56. The Kier molecular flexibility index (Phi) is 5.04. The van der Waals surface area contributed by atoms with Crippen LogP contribution in [0.25, 0.3) is 0 Å². The molecule has 6 heteroatoms. The third-order valence-electron chi connectivity index (χ3n) is 3.22. The van der Waals surface area contributed by atoms with E-state index in [1.807, 2.05) is 24.8 Å². The van der Waals surface area contributed by atoms with E-state index in [9.17, 15) is 4.79 Å². The molecule has 0 aliphatic rings. The number of carbonyl (C=O) groups excluding carboxylic acids is 1. The summed E-state index contributed by atoms with van der Waals surface area (Å²) in [6, 6.07) is 10.4. The van der Waals surface area contributed by atoms with E-state index in [0.717, 1.165) is 18.9 Å². The summed E-state index contributed by atoms with van der Waals surface area (Å²) in [7, 11) is 0. The zero-order chi connectivity index (χ0) is 15.9. The maximum absolute atomic E-state index is 12.3. The van der Waals surface area contributed by atoms with Gasteiger partial charge in [-0.1, -0.05) is 6.07 Å². The number of rotatable bonds is 5. The van der Waals surface area contributed by atoms with Crippen LogP contribution in [0, 0.1) is 11.3 Å². The Bertz CT molecular complexity index is 704. The van der Waals surface area contributed by atoms with Gasteiger partial charge in [-0.3, -0.25) is 4.79 Å². The molecule has 2 rings (SSSR count). The van der Waals surface area contributed by atoms with Crippen LogP contribution in [0.3, 0.4) is 0 Å². The van der Waals surface area contributed by atoms with Crippen molar-refractivity contribution in [1.82, 2.24) is 9.97 Å². The number of hydrogen-bond donors (Lipinski definition) is 1. The molecule has 22 heavy (non-hydrogen) atoms. The summed E-state index contributed by atoms with van der Waals surface area (Å²) in [5.41, 5.74) is 1.34. The van der Waals surface area contributed by atoms with Crippen LogP contribution < -0.4 is 10.2 Å². The van der Waals surface area contributed by atoms with Gasteiger partial charge in [-0.15, -0.1) is 0 Å². The predicted molar refractivity (Wildman–Crippen MR) is 84.7 cm³/mol. The molecule has 0 radical (unpaired) electrons. The van der Waals surface area contributed by atoms with Gasteiger partial charge in [0.2, 0.25) is 0 Å². The summed E-state index contributed by atoms with van der Waals surface area (Å²) in [5.74, 6) is 0.391. The van der Waals surface area contributed by atoms with Gasteiger partial charge in [0.25, 0.3) is 5.91 Å². The fourth-order valence-corrected chi connectivity index (χ4v) is 2.05. The van der Waals surface area contributed by atoms with Gasteiger partial charge in [0.05, 0.1) is 11.6 Å². The first-order valence-electron chi connectivity index (χ1n) is 7.06. The van der Waals surface area contributed by atoms with Crippen molar-refractivity contribution in [2.24, 2.45) is 0 Å². The third-order valence-corrected chi connectivity index (χ3v) is 3.22. The van der Waals surface area contributed by atoms with Gasteiger partial charge < -0.3 is 10.2 Å². The van der Waals surface area contributed by atoms with Gasteiger partial charge in [-0.25, -0.2) is 9.97 Å². The quantitative estimate of drug-likeness (QED) is 0.916. The molecular formula is C16H17N5O. The van der Waals surface area contributed by atoms with Gasteiger partial charge in [0.1, 0.15) is 17.8 Å². The first-order valence-corrected chi connectivity index (χ1v) is 7.06. The Labute approximate surface area is 129 Å². The topological polar surface area (TPSA) is 81.9 Å². The molecule has 1 aromatic heterocycles. The first kappa shape index (κ1) is 15.4. The van der Waals surface area contributed by atoms with E-state index in [4.69, 9.17) is 5.26 Å². The van der Waals surface area contributed by atoms with Crippen LogP contribution in [0.15, 0.2) is 36.7 Å². The molecule has 1 N–H and O–H groups in total. The molecule has 0 aliphatic carbocycles. The molecule has 0 saturated heterocycles. The molecule has 1 heterocycles. The van der Waals surface area contributed by atoms with Crippen LogP contribution in [0.1, 0.15) is 29.9 Å². The highest BCUT2D eigenvalue weighted by molar-refractivity contribution is 6.03. The van der Waals surface area contributed by atoms with E-state index in [-0.39, 0.29) is 5.91 Å². The van der Waals surface area contributed by atoms with Crippen LogP contribution in [-0.4, -0.2) is 29.0 Å². The van der Waals surface area contributed by atoms with Crippen LogP contribution in [0.2, 0.25) is 0 Å². The minimum Gasteiger partial charge on any atom is -0.357 e. The maximum Gasteiger partial charge on any atom is 0.274 e. The zero-order valence-electron chi connectivity index (χ0n) is 12.6. The Morgan fingerprint density at radius 2 is 2.05 bits per heavy atom. The van der Waals surface area contributed by atoms with Crippen molar-refractivity contribution in [3.8, 4) is 6.07 Å². The summed E-state index contributed by atoms with van der Waals surface area (Å²) >= 11 is 0. The molecule has 0 fully saturated rings.